The largest absolute Gasteiger partial charge is 0.337 e. The Balaban J connectivity index is 1.59. The van der Waals surface area contributed by atoms with E-state index in [-0.39, 0.29) is 11.8 Å². The van der Waals surface area contributed by atoms with Gasteiger partial charge in [0, 0.05) is 31.0 Å². The van der Waals surface area contributed by atoms with E-state index in [0.717, 1.165) is 0 Å². The SMILES string of the molecule is O=C(NCCc1ncn[nH]1)Nc1ccc(F)c(-n2cccc2)c1. The van der Waals surface area contributed by atoms with E-state index in [1.54, 1.807) is 35.2 Å². The summed E-state index contributed by atoms with van der Waals surface area (Å²) < 4.78 is 15.5. The van der Waals surface area contributed by atoms with Crippen molar-refractivity contribution in [3.05, 3.63) is 60.7 Å². The molecule has 0 aliphatic carbocycles. The monoisotopic (exact) mass is 314 g/mol. The van der Waals surface area contributed by atoms with Gasteiger partial charge in [0.2, 0.25) is 0 Å². The molecule has 0 bridgehead atoms. The van der Waals surface area contributed by atoms with Crippen LogP contribution in [-0.4, -0.2) is 32.3 Å². The zero-order valence-electron chi connectivity index (χ0n) is 12.2. The molecule has 2 heterocycles. The zero-order chi connectivity index (χ0) is 16.1. The second-order valence-corrected chi connectivity index (χ2v) is 4.82. The van der Waals surface area contributed by atoms with Gasteiger partial charge in [0.05, 0.1) is 5.69 Å². The molecule has 0 spiro atoms. The fourth-order valence-corrected chi connectivity index (χ4v) is 2.10. The Morgan fingerprint density at radius 2 is 2.13 bits per heavy atom. The second kappa shape index (κ2) is 6.73. The third-order valence-corrected chi connectivity index (χ3v) is 3.20. The van der Waals surface area contributed by atoms with Gasteiger partial charge < -0.3 is 15.2 Å². The van der Waals surface area contributed by atoms with Crippen molar-refractivity contribution >= 4 is 11.7 Å². The van der Waals surface area contributed by atoms with Crippen molar-refractivity contribution in [2.24, 2.45) is 0 Å². The van der Waals surface area contributed by atoms with E-state index >= 15 is 0 Å². The summed E-state index contributed by atoms with van der Waals surface area (Å²) >= 11 is 0. The zero-order valence-corrected chi connectivity index (χ0v) is 12.2. The van der Waals surface area contributed by atoms with Crippen LogP contribution in [0.25, 0.3) is 5.69 Å². The van der Waals surface area contributed by atoms with Crippen LogP contribution in [0, 0.1) is 5.82 Å². The van der Waals surface area contributed by atoms with Crippen molar-refractivity contribution < 1.29 is 9.18 Å². The van der Waals surface area contributed by atoms with Crippen LogP contribution >= 0.6 is 0 Å². The normalized spacial score (nSPS) is 10.5. The maximum absolute atomic E-state index is 13.9. The molecule has 118 valence electrons. The molecule has 8 heteroatoms. The molecule has 2 aromatic heterocycles. The number of carbonyl (C=O) groups excluding carboxylic acids is 1. The predicted molar refractivity (Wildman–Crippen MR) is 82.8 cm³/mol. The van der Waals surface area contributed by atoms with Crippen LogP contribution < -0.4 is 10.6 Å². The number of nitrogens with one attached hydrogen (secondary N) is 3. The number of nitrogens with zero attached hydrogens (tertiary/aromatic N) is 3. The first-order valence-electron chi connectivity index (χ1n) is 7.04. The number of amides is 2. The first-order chi connectivity index (χ1) is 11.2. The lowest BCUT2D eigenvalue weighted by Crippen LogP contribution is -2.30. The summed E-state index contributed by atoms with van der Waals surface area (Å²) in [5, 5.41) is 11.8. The molecule has 0 saturated heterocycles. The molecule has 2 amide bonds. The van der Waals surface area contributed by atoms with Crippen LogP contribution in [0.5, 0.6) is 0 Å². The number of rotatable bonds is 5. The Morgan fingerprint density at radius 3 is 2.87 bits per heavy atom. The average molecular weight is 314 g/mol. The molecule has 23 heavy (non-hydrogen) atoms. The molecule has 0 saturated carbocycles. The van der Waals surface area contributed by atoms with Gasteiger partial charge in [0.15, 0.2) is 0 Å². The topological polar surface area (TPSA) is 87.6 Å². The molecule has 3 aromatic rings. The molecule has 3 N–H and O–H groups in total. The van der Waals surface area contributed by atoms with Crippen LogP contribution in [0.15, 0.2) is 49.1 Å². The Bertz CT molecular complexity index is 769. The lowest BCUT2D eigenvalue weighted by molar-refractivity contribution is 0.252. The average Bonchev–Trinajstić information content (AvgIpc) is 3.22. The molecule has 3 rings (SSSR count). The Kier molecular flexibility index (Phi) is 4.32. The summed E-state index contributed by atoms with van der Waals surface area (Å²) in [6.45, 7) is 0.409. The highest BCUT2D eigenvalue weighted by Crippen LogP contribution is 2.18. The number of hydrogen-bond acceptors (Lipinski definition) is 3. The minimum Gasteiger partial charge on any atom is -0.337 e. The first kappa shape index (κ1) is 14.8. The molecule has 0 radical (unpaired) electrons. The van der Waals surface area contributed by atoms with Gasteiger partial charge in [-0.15, -0.1) is 0 Å². The van der Waals surface area contributed by atoms with Gasteiger partial charge in [-0.05, 0) is 30.3 Å². The van der Waals surface area contributed by atoms with Gasteiger partial charge in [-0.1, -0.05) is 0 Å². The summed E-state index contributed by atoms with van der Waals surface area (Å²) in [7, 11) is 0. The highest BCUT2D eigenvalue weighted by molar-refractivity contribution is 5.89. The van der Waals surface area contributed by atoms with E-state index in [0.29, 0.717) is 30.2 Å². The van der Waals surface area contributed by atoms with E-state index in [2.05, 4.69) is 25.8 Å². The van der Waals surface area contributed by atoms with Gasteiger partial charge in [-0.25, -0.2) is 14.2 Å². The smallest absolute Gasteiger partial charge is 0.319 e. The first-order valence-corrected chi connectivity index (χ1v) is 7.04. The Labute approximate surface area is 131 Å². The Morgan fingerprint density at radius 1 is 1.30 bits per heavy atom. The van der Waals surface area contributed by atoms with E-state index in [1.807, 2.05) is 0 Å². The van der Waals surface area contributed by atoms with Crippen LogP contribution in [0.1, 0.15) is 5.82 Å². The molecule has 7 nitrogen and oxygen atoms in total. The minimum absolute atomic E-state index is 0.363. The quantitative estimate of drug-likeness (QED) is 0.674. The summed E-state index contributed by atoms with van der Waals surface area (Å²) in [6, 6.07) is 7.64. The number of carbonyl (C=O) groups is 1. The highest BCUT2D eigenvalue weighted by Gasteiger charge is 2.07. The van der Waals surface area contributed by atoms with Crippen molar-refractivity contribution in [3.8, 4) is 5.69 Å². The van der Waals surface area contributed by atoms with Gasteiger partial charge in [-0.2, -0.15) is 5.10 Å². The lowest BCUT2D eigenvalue weighted by atomic mass is 10.2. The number of urea groups is 1. The standard InChI is InChI=1S/C15H15FN6O/c16-12-4-3-11(9-13(12)22-7-1-2-8-22)20-15(23)17-6-5-14-18-10-19-21-14/h1-4,7-10H,5-6H2,(H2,17,20,23)(H,18,19,21). The molecular formula is C15H15FN6O. The maximum Gasteiger partial charge on any atom is 0.319 e. The van der Waals surface area contributed by atoms with Crippen LogP contribution in [0.2, 0.25) is 0 Å². The van der Waals surface area contributed by atoms with E-state index in [1.165, 1.54) is 18.5 Å². The van der Waals surface area contributed by atoms with Crippen molar-refractivity contribution in [1.82, 2.24) is 25.1 Å². The lowest BCUT2D eigenvalue weighted by Gasteiger charge is -2.10. The molecule has 0 aliphatic heterocycles. The third-order valence-electron chi connectivity index (χ3n) is 3.20. The van der Waals surface area contributed by atoms with Gasteiger partial charge in [0.25, 0.3) is 0 Å². The van der Waals surface area contributed by atoms with E-state index in [9.17, 15) is 9.18 Å². The summed E-state index contributed by atoms with van der Waals surface area (Å²) in [5.41, 5.74) is 0.877. The van der Waals surface area contributed by atoms with Crippen LogP contribution in [0.3, 0.4) is 0 Å². The molecule has 0 atom stereocenters. The van der Waals surface area contributed by atoms with Crippen molar-refractivity contribution in [2.45, 2.75) is 6.42 Å². The summed E-state index contributed by atoms with van der Waals surface area (Å²) in [4.78, 5) is 15.8. The fraction of sp³-hybridized carbons (Fsp3) is 0.133. The van der Waals surface area contributed by atoms with E-state index in [4.69, 9.17) is 0 Å². The number of halogens is 1. The highest BCUT2D eigenvalue weighted by atomic mass is 19.1. The van der Waals surface area contributed by atoms with E-state index < -0.39 is 0 Å². The molecule has 1 aromatic carbocycles. The van der Waals surface area contributed by atoms with Crippen molar-refractivity contribution in [2.75, 3.05) is 11.9 Å². The minimum atomic E-state index is -0.366. The number of benzene rings is 1. The second-order valence-electron chi connectivity index (χ2n) is 4.82. The van der Waals surface area contributed by atoms with Crippen molar-refractivity contribution in [1.29, 1.82) is 0 Å². The fourth-order valence-electron chi connectivity index (χ4n) is 2.10. The van der Waals surface area contributed by atoms with Gasteiger partial charge in [-0.3, -0.25) is 5.10 Å². The number of aromatic nitrogens is 4. The summed E-state index contributed by atoms with van der Waals surface area (Å²) in [6.07, 6.45) is 5.43. The number of H-pyrrole nitrogens is 1. The van der Waals surface area contributed by atoms with Gasteiger partial charge in [0.1, 0.15) is 18.0 Å². The third kappa shape index (κ3) is 3.73. The molecule has 0 fully saturated rings. The Hall–Kier alpha value is -3.16. The number of aromatic amines is 1. The number of anilines is 1. The molecule has 0 aliphatic rings. The van der Waals surface area contributed by atoms with Crippen LogP contribution in [0.4, 0.5) is 14.9 Å². The molecular weight excluding hydrogens is 299 g/mol. The summed E-state index contributed by atoms with van der Waals surface area (Å²) in [5.74, 6) is 0.333. The number of hydrogen-bond donors (Lipinski definition) is 3. The maximum atomic E-state index is 13.9. The predicted octanol–water partition coefficient (Wildman–Crippen LogP) is 2.10. The molecule has 0 unspecified atom stereocenters. The van der Waals surface area contributed by atoms with Crippen molar-refractivity contribution in [3.63, 3.8) is 0 Å². The van der Waals surface area contributed by atoms with Gasteiger partial charge >= 0.3 is 6.03 Å². The van der Waals surface area contributed by atoms with Crippen LogP contribution in [-0.2, 0) is 6.42 Å².